The fourth-order valence-electron chi connectivity index (χ4n) is 2.07. The van der Waals surface area contributed by atoms with E-state index in [0.717, 1.165) is 0 Å². The summed E-state index contributed by atoms with van der Waals surface area (Å²) < 4.78 is 18.4. The zero-order valence-electron chi connectivity index (χ0n) is 10.2. The lowest BCUT2D eigenvalue weighted by Crippen LogP contribution is -2.52. The van der Waals surface area contributed by atoms with Crippen LogP contribution in [0.25, 0.3) is 0 Å². The standard InChI is InChI=1S/C13H16FNO3/c1-15-8-6-13(7-9-15,12(16)17)18-11-4-2-10(14)3-5-11/h2-5H,6-9H2,1H3,(H,16,17). The molecule has 0 atom stereocenters. The molecule has 1 fully saturated rings. The number of hydrogen-bond acceptors (Lipinski definition) is 3. The van der Waals surface area contributed by atoms with E-state index >= 15 is 0 Å². The Balaban J connectivity index is 2.16. The van der Waals surface area contributed by atoms with Gasteiger partial charge in [-0.2, -0.15) is 0 Å². The minimum Gasteiger partial charge on any atom is -0.478 e. The van der Waals surface area contributed by atoms with Crippen LogP contribution in [0.5, 0.6) is 5.75 Å². The van der Waals surface area contributed by atoms with E-state index in [-0.39, 0.29) is 5.82 Å². The molecule has 1 aromatic rings. The van der Waals surface area contributed by atoms with Crippen LogP contribution in [0.15, 0.2) is 24.3 Å². The van der Waals surface area contributed by atoms with Gasteiger partial charge in [-0.15, -0.1) is 0 Å². The van der Waals surface area contributed by atoms with Crippen LogP contribution in [-0.4, -0.2) is 41.7 Å². The molecule has 5 heteroatoms. The molecule has 18 heavy (non-hydrogen) atoms. The number of carbonyl (C=O) groups is 1. The summed E-state index contributed by atoms with van der Waals surface area (Å²) in [5.74, 6) is -0.932. The average molecular weight is 253 g/mol. The Bertz CT molecular complexity index is 424. The molecule has 0 aromatic heterocycles. The number of carboxylic acid groups (broad SMARTS) is 1. The summed E-state index contributed by atoms with van der Waals surface area (Å²) in [6.45, 7) is 1.35. The Labute approximate surface area is 105 Å². The third-order valence-electron chi connectivity index (χ3n) is 3.31. The van der Waals surface area contributed by atoms with Gasteiger partial charge in [0.25, 0.3) is 0 Å². The van der Waals surface area contributed by atoms with Crippen molar-refractivity contribution in [2.75, 3.05) is 20.1 Å². The predicted octanol–water partition coefficient (Wildman–Crippen LogP) is 1.75. The number of hydrogen-bond donors (Lipinski definition) is 1. The summed E-state index contributed by atoms with van der Waals surface area (Å²) in [7, 11) is 1.95. The average Bonchev–Trinajstić information content (AvgIpc) is 2.35. The molecule has 0 spiro atoms. The largest absolute Gasteiger partial charge is 0.478 e. The maximum absolute atomic E-state index is 12.8. The Hall–Kier alpha value is -1.62. The smallest absolute Gasteiger partial charge is 0.348 e. The van der Waals surface area contributed by atoms with Crippen LogP contribution in [0.3, 0.4) is 0 Å². The third-order valence-corrected chi connectivity index (χ3v) is 3.31. The highest BCUT2D eigenvalue weighted by atomic mass is 19.1. The molecule has 4 nitrogen and oxygen atoms in total. The van der Waals surface area contributed by atoms with Gasteiger partial charge in [-0.25, -0.2) is 9.18 Å². The van der Waals surface area contributed by atoms with Crippen LogP contribution in [0.2, 0.25) is 0 Å². The zero-order chi connectivity index (χ0) is 13.2. The Morgan fingerprint density at radius 3 is 2.39 bits per heavy atom. The van der Waals surface area contributed by atoms with Gasteiger partial charge in [0, 0.05) is 25.9 Å². The van der Waals surface area contributed by atoms with E-state index in [2.05, 4.69) is 4.90 Å². The van der Waals surface area contributed by atoms with Crippen molar-refractivity contribution >= 4 is 5.97 Å². The van der Waals surface area contributed by atoms with Crippen LogP contribution >= 0.6 is 0 Å². The number of benzene rings is 1. The van der Waals surface area contributed by atoms with Crippen LogP contribution in [0.1, 0.15) is 12.8 Å². The normalized spacial score (nSPS) is 19.4. The molecule has 0 bridgehead atoms. The van der Waals surface area contributed by atoms with Crippen LogP contribution in [0.4, 0.5) is 4.39 Å². The minimum absolute atomic E-state index is 0.366. The summed E-state index contributed by atoms with van der Waals surface area (Å²) >= 11 is 0. The highest BCUT2D eigenvalue weighted by molar-refractivity contribution is 5.78. The molecule has 0 saturated carbocycles. The van der Waals surface area contributed by atoms with Crippen molar-refractivity contribution in [2.24, 2.45) is 0 Å². The van der Waals surface area contributed by atoms with Crippen molar-refractivity contribution in [2.45, 2.75) is 18.4 Å². The molecule has 1 heterocycles. The molecule has 1 aromatic carbocycles. The number of nitrogens with zero attached hydrogens (tertiary/aromatic N) is 1. The number of carboxylic acids is 1. The summed E-state index contributed by atoms with van der Waals surface area (Å²) in [5, 5.41) is 9.37. The Morgan fingerprint density at radius 2 is 1.89 bits per heavy atom. The maximum Gasteiger partial charge on any atom is 0.348 e. The SMILES string of the molecule is CN1CCC(Oc2ccc(F)cc2)(C(=O)O)CC1. The van der Waals surface area contributed by atoms with Gasteiger partial charge in [0.2, 0.25) is 5.60 Å². The molecule has 1 saturated heterocycles. The van der Waals surface area contributed by atoms with E-state index in [1.54, 1.807) is 0 Å². The summed E-state index contributed by atoms with van der Waals surface area (Å²) in [4.78, 5) is 13.5. The van der Waals surface area contributed by atoms with Crippen LogP contribution < -0.4 is 4.74 Å². The number of halogens is 1. The first-order valence-electron chi connectivity index (χ1n) is 5.88. The second-order valence-corrected chi connectivity index (χ2v) is 4.66. The monoisotopic (exact) mass is 253 g/mol. The third kappa shape index (κ3) is 2.61. The summed E-state index contributed by atoms with van der Waals surface area (Å²) in [6.07, 6.45) is 0.854. The van der Waals surface area contributed by atoms with E-state index in [9.17, 15) is 14.3 Å². The van der Waals surface area contributed by atoms with E-state index in [4.69, 9.17) is 4.74 Å². The van der Waals surface area contributed by atoms with Crippen LogP contribution in [0, 0.1) is 5.82 Å². The maximum atomic E-state index is 12.8. The van der Waals surface area contributed by atoms with Gasteiger partial charge in [-0.05, 0) is 31.3 Å². The quantitative estimate of drug-likeness (QED) is 0.891. The number of ether oxygens (including phenoxy) is 1. The molecule has 1 aliphatic rings. The fraction of sp³-hybridized carbons (Fsp3) is 0.462. The van der Waals surface area contributed by atoms with Crippen molar-refractivity contribution in [3.63, 3.8) is 0 Å². The molecular formula is C13H16FNO3. The molecule has 2 rings (SSSR count). The van der Waals surface area contributed by atoms with Gasteiger partial charge in [0.05, 0.1) is 0 Å². The minimum atomic E-state index is -1.19. The topological polar surface area (TPSA) is 49.8 Å². The van der Waals surface area contributed by atoms with Gasteiger partial charge in [-0.1, -0.05) is 0 Å². The number of piperidine rings is 1. The first-order valence-corrected chi connectivity index (χ1v) is 5.88. The van der Waals surface area contributed by atoms with Crippen molar-refractivity contribution in [1.82, 2.24) is 4.90 Å². The van der Waals surface area contributed by atoms with E-state index in [1.165, 1.54) is 24.3 Å². The first-order chi connectivity index (χ1) is 8.52. The lowest BCUT2D eigenvalue weighted by Gasteiger charge is -2.37. The molecule has 0 amide bonds. The number of aliphatic carboxylic acids is 1. The summed E-state index contributed by atoms with van der Waals surface area (Å²) in [5.41, 5.74) is -1.19. The fourth-order valence-corrected chi connectivity index (χ4v) is 2.07. The van der Waals surface area contributed by atoms with Crippen molar-refractivity contribution < 1.29 is 19.0 Å². The second kappa shape index (κ2) is 4.94. The Kier molecular flexibility index (Phi) is 3.52. The Morgan fingerprint density at radius 1 is 1.33 bits per heavy atom. The highest BCUT2D eigenvalue weighted by Crippen LogP contribution is 2.28. The lowest BCUT2D eigenvalue weighted by atomic mass is 9.91. The van der Waals surface area contributed by atoms with E-state index in [1.807, 2.05) is 7.05 Å². The first kappa shape index (κ1) is 12.8. The molecule has 0 aliphatic carbocycles. The van der Waals surface area contributed by atoms with Gasteiger partial charge in [-0.3, -0.25) is 0 Å². The summed E-state index contributed by atoms with van der Waals surface area (Å²) in [6, 6.07) is 5.44. The van der Waals surface area contributed by atoms with Crippen molar-refractivity contribution in [1.29, 1.82) is 0 Å². The molecule has 98 valence electrons. The van der Waals surface area contributed by atoms with Gasteiger partial charge in [0.15, 0.2) is 0 Å². The van der Waals surface area contributed by atoms with Crippen LogP contribution in [-0.2, 0) is 4.79 Å². The molecule has 1 aliphatic heterocycles. The lowest BCUT2D eigenvalue weighted by molar-refractivity contribution is -0.159. The highest BCUT2D eigenvalue weighted by Gasteiger charge is 2.43. The number of likely N-dealkylation sites (tertiary alicyclic amines) is 1. The van der Waals surface area contributed by atoms with Gasteiger partial charge < -0.3 is 14.7 Å². The van der Waals surface area contributed by atoms with E-state index in [0.29, 0.717) is 31.7 Å². The van der Waals surface area contributed by atoms with Gasteiger partial charge >= 0.3 is 5.97 Å². The molecule has 0 radical (unpaired) electrons. The van der Waals surface area contributed by atoms with Gasteiger partial charge in [0.1, 0.15) is 11.6 Å². The second-order valence-electron chi connectivity index (χ2n) is 4.66. The van der Waals surface area contributed by atoms with E-state index < -0.39 is 11.6 Å². The molecule has 1 N–H and O–H groups in total. The predicted molar refractivity (Wildman–Crippen MR) is 64.1 cm³/mol. The number of rotatable bonds is 3. The van der Waals surface area contributed by atoms with Crippen molar-refractivity contribution in [3.8, 4) is 5.75 Å². The van der Waals surface area contributed by atoms with Crippen molar-refractivity contribution in [3.05, 3.63) is 30.1 Å². The molecular weight excluding hydrogens is 237 g/mol. The molecule has 0 unspecified atom stereocenters. The zero-order valence-corrected chi connectivity index (χ0v) is 10.2.